The Kier molecular flexibility index (Phi) is 6.68. The minimum Gasteiger partial charge on any atom is -0.335 e. The van der Waals surface area contributed by atoms with Gasteiger partial charge >= 0.3 is 0 Å². The molecule has 1 heterocycles. The van der Waals surface area contributed by atoms with E-state index in [9.17, 15) is 13.2 Å². The first-order valence-corrected chi connectivity index (χ1v) is 12.5. The van der Waals surface area contributed by atoms with Crippen LogP contribution < -0.4 is 11.2 Å². The van der Waals surface area contributed by atoms with Crippen LogP contribution >= 0.6 is 23.4 Å². The molecule has 0 radical (unpaired) electrons. The molecule has 0 atom stereocenters. The van der Waals surface area contributed by atoms with Gasteiger partial charge in [-0.2, -0.15) is 0 Å². The molecule has 1 aromatic heterocycles. The Morgan fingerprint density at radius 1 is 0.939 bits per heavy atom. The Hall–Kier alpha value is -3.34. The Bertz CT molecular complexity index is 1370. The van der Waals surface area contributed by atoms with Crippen molar-refractivity contribution in [3.05, 3.63) is 83.9 Å². The monoisotopic (exact) mass is 499 g/mol. The van der Waals surface area contributed by atoms with Crippen molar-refractivity contribution in [2.24, 2.45) is 0 Å². The van der Waals surface area contributed by atoms with Gasteiger partial charge in [-0.05, 0) is 60.7 Å². The fraction of sp³-hybridized carbons (Fsp3) is 0.0455. The molecule has 3 aromatic carbocycles. The summed E-state index contributed by atoms with van der Waals surface area (Å²) in [5, 5.41) is 11.7. The second-order valence-corrected chi connectivity index (χ2v) is 10.2. The van der Waals surface area contributed by atoms with Crippen LogP contribution in [0, 0.1) is 0 Å². The average Bonchev–Trinajstić information content (AvgIpc) is 3.19. The molecule has 1 amide bonds. The zero-order valence-electron chi connectivity index (χ0n) is 17.1. The molecule has 4 rings (SSSR count). The number of benzene rings is 3. The summed E-state index contributed by atoms with van der Waals surface area (Å²) in [4.78, 5) is 12.4. The number of amides is 1. The molecule has 0 aliphatic rings. The maximum atomic E-state index is 12.8. The SMILES string of the molecule is Nn1c(SCC(=O)Nc2ccccc2)nnc1-c1ccc(S(=O)(=O)c2ccc(Cl)cc2)cc1. The highest BCUT2D eigenvalue weighted by Gasteiger charge is 2.19. The third kappa shape index (κ3) is 5.19. The van der Waals surface area contributed by atoms with Gasteiger partial charge in [0.15, 0.2) is 5.82 Å². The summed E-state index contributed by atoms with van der Waals surface area (Å²) < 4.78 is 26.9. The number of carbonyl (C=O) groups excluding carboxylic acids is 1. The van der Waals surface area contributed by atoms with Crippen LogP contribution in [-0.4, -0.2) is 35.0 Å². The van der Waals surface area contributed by atoms with E-state index in [1.54, 1.807) is 24.3 Å². The summed E-state index contributed by atoms with van der Waals surface area (Å²) in [7, 11) is -3.68. The third-order valence-electron chi connectivity index (χ3n) is 4.60. The number of carbonyl (C=O) groups is 1. The van der Waals surface area contributed by atoms with Gasteiger partial charge in [-0.15, -0.1) is 10.2 Å². The lowest BCUT2D eigenvalue weighted by molar-refractivity contribution is -0.113. The minimum atomic E-state index is -3.68. The van der Waals surface area contributed by atoms with Gasteiger partial charge in [0.1, 0.15) is 0 Å². The zero-order chi connectivity index (χ0) is 23.4. The molecule has 0 aliphatic carbocycles. The minimum absolute atomic E-state index is 0.0997. The molecule has 3 N–H and O–H groups in total. The van der Waals surface area contributed by atoms with Gasteiger partial charge in [0.25, 0.3) is 0 Å². The number of nitrogens with two attached hydrogens (primary N) is 1. The molecule has 0 saturated carbocycles. The molecule has 0 spiro atoms. The number of hydrogen-bond acceptors (Lipinski definition) is 7. The molecule has 168 valence electrons. The van der Waals surface area contributed by atoms with Crippen molar-refractivity contribution in [3.63, 3.8) is 0 Å². The zero-order valence-corrected chi connectivity index (χ0v) is 19.4. The number of hydrogen-bond donors (Lipinski definition) is 2. The second kappa shape index (κ2) is 9.65. The van der Waals surface area contributed by atoms with E-state index in [2.05, 4.69) is 15.5 Å². The van der Waals surface area contributed by atoms with Crippen LogP contribution in [0.1, 0.15) is 0 Å². The van der Waals surface area contributed by atoms with Gasteiger partial charge < -0.3 is 11.2 Å². The van der Waals surface area contributed by atoms with Crippen molar-refractivity contribution < 1.29 is 13.2 Å². The fourth-order valence-electron chi connectivity index (χ4n) is 2.95. The number of nitrogens with zero attached hydrogens (tertiary/aromatic N) is 3. The van der Waals surface area contributed by atoms with Gasteiger partial charge in [-0.25, -0.2) is 13.1 Å². The largest absolute Gasteiger partial charge is 0.335 e. The van der Waals surface area contributed by atoms with Crippen LogP contribution in [0.2, 0.25) is 5.02 Å². The first-order chi connectivity index (χ1) is 15.8. The van der Waals surface area contributed by atoms with Gasteiger partial charge in [0, 0.05) is 16.3 Å². The van der Waals surface area contributed by atoms with Gasteiger partial charge in [0.2, 0.25) is 20.9 Å². The van der Waals surface area contributed by atoms with Crippen molar-refractivity contribution in [3.8, 4) is 11.4 Å². The highest BCUT2D eigenvalue weighted by molar-refractivity contribution is 7.99. The molecule has 0 saturated heterocycles. The van der Waals surface area contributed by atoms with E-state index in [1.807, 2.05) is 18.2 Å². The lowest BCUT2D eigenvalue weighted by Crippen LogP contribution is -2.16. The third-order valence-corrected chi connectivity index (χ3v) is 7.58. The van der Waals surface area contributed by atoms with E-state index >= 15 is 0 Å². The van der Waals surface area contributed by atoms with Gasteiger partial charge in [-0.1, -0.05) is 41.6 Å². The number of nitrogens with one attached hydrogen (secondary N) is 1. The maximum absolute atomic E-state index is 12.8. The lowest BCUT2D eigenvalue weighted by atomic mass is 10.2. The standard InChI is InChI=1S/C22H18ClN5O3S2/c23-16-8-12-19(13-9-16)33(30,31)18-10-6-15(7-11-18)21-26-27-22(28(21)24)32-14-20(29)25-17-4-2-1-3-5-17/h1-13H,14,24H2,(H,25,29). The Morgan fingerprint density at radius 3 is 2.18 bits per heavy atom. The topological polar surface area (TPSA) is 120 Å². The summed E-state index contributed by atoms with van der Waals surface area (Å²) in [5.74, 6) is 6.35. The van der Waals surface area contributed by atoms with E-state index < -0.39 is 9.84 Å². The number of halogens is 1. The van der Waals surface area contributed by atoms with E-state index in [-0.39, 0.29) is 21.5 Å². The lowest BCUT2D eigenvalue weighted by Gasteiger charge is -2.07. The second-order valence-electron chi connectivity index (χ2n) is 6.86. The number of thioether (sulfide) groups is 1. The van der Waals surface area contributed by atoms with Crippen LogP contribution in [0.4, 0.5) is 5.69 Å². The first-order valence-electron chi connectivity index (χ1n) is 9.64. The van der Waals surface area contributed by atoms with E-state index in [0.717, 1.165) is 11.8 Å². The number of sulfone groups is 1. The van der Waals surface area contributed by atoms with Crippen LogP contribution in [0.5, 0.6) is 0 Å². The molecule has 11 heteroatoms. The number of anilines is 1. The summed E-state index contributed by atoms with van der Waals surface area (Å²) in [5.41, 5.74) is 1.28. The molecule has 0 unspecified atom stereocenters. The molecule has 0 fully saturated rings. The highest BCUT2D eigenvalue weighted by atomic mass is 35.5. The van der Waals surface area contributed by atoms with Crippen LogP contribution in [0.15, 0.2) is 93.8 Å². The Morgan fingerprint density at radius 2 is 1.55 bits per heavy atom. The number of aromatic nitrogens is 3. The van der Waals surface area contributed by atoms with Crippen LogP contribution in [-0.2, 0) is 14.6 Å². The van der Waals surface area contributed by atoms with Crippen molar-refractivity contribution in [2.75, 3.05) is 16.9 Å². The normalized spacial score (nSPS) is 11.3. The molecule has 33 heavy (non-hydrogen) atoms. The maximum Gasteiger partial charge on any atom is 0.234 e. The first kappa shape index (κ1) is 22.8. The molecular weight excluding hydrogens is 482 g/mol. The predicted molar refractivity (Wildman–Crippen MR) is 128 cm³/mol. The van der Waals surface area contributed by atoms with Gasteiger partial charge in [-0.3, -0.25) is 4.79 Å². The van der Waals surface area contributed by atoms with Crippen molar-refractivity contribution in [2.45, 2.75) is 14.9 Å². The highest BCUT2D eigenvalue weighted by Crippen LogP contribution is 2.26. The van der Waals surface area contributed by atoms with E-state index in [0.29, 0.717) is 27.3 Å². The quantitative estimate of drug-likeness (QED) is 0.292. The van der Waals surface area contributed by atoms with Crippen LogP contribution in [0.25, 0.3) is 11.4 Å². The number of nitrogen functional groups attached to an aromatic ring is 1. The summed E-state index contributed by atoms with van der Waals surface area (Å²) in [6.07, 6.45) is 0. The summed E-state index contributed by atoms with van der Waals surface area (Å²) in [6, 6.07) is 21.3. The van der Waals surface area contributed by atoms with Crippen molar-refractivity contribution >= 4 is 44.8 Å². The number of rotatable bonds is 7. The van der Waals surface area contributed by atoms with Crippen LogP contribution in [0.3, 0.4) is 0 Å². The molecule has 8 nitrogen and oxygen atoms in total. The average molecular weight is 500 g/mol. The molecule has 0 aliphatic heterocycles. The van der Waals surface area contributed by atoms with Crippen molar-refractivity contribution in [1.82, 2.24) is 14.9 Å². The van der Waals surface area contributed by atoms with Gasteiger partial charge in [0.05, 0.1) is 15.5 Å². The fourth-order valence-corrected chi connectivity index (χ4v) is 5.00. The molecule has 4 aromatic rings. The predicted octanol–water partition coefficient (Wildman–Crippen LogP) is 3.88. The summed E-state index contributed by atoms with van der Waals surface area (Å²) >= 11 is 6.98. The van der Waals surface area contributed by atoms with Crippen molar-refractivity contribution in [1.29, 1.82) is 0 Å². The van der Waals surface area contributed by atoms with E-state index in [1.165, 1.54) is 41.1 Å². The number of para-hydroxylation sites is 1. The smallest absolute Gasteiger partial charge is 0.234 e. The summed E-state index contributed by atoms with van der Waals surface area (Å²) in [6.45, 7) is 0. The molecule has 0 bridgehead atoms. The van der Waals surface area contributed by atoms with E-state index in [4.69, 9.17) is 17.4 Å². The Balaban J connectivity index is 1.46. The molecular formula is C22H18ClN5O3S2. The Labute approximate surface area is 199 Å².